The normalized spacial score (nSPS) is 12.7. The number of hydrogen-bond donors (Lipinski definition) is 1. The Kier molecular flexibility index (Phi) is 3.24. The van der Waals surface area contributed by atoms with Crippen molar-refractivity contribution in [2.75, 3.05) is 0 Å². The third kappa shape index (κ3) is 2.08. The molecule has 1 atom stereocenters. The third-order valence-electron chi connectivity index (χ3n) is 3.25. The number of hydrogen-bond acceptors (Lipinski definition) is 3. The summed E-state index contributed by atoms with van der Waals surface area (Å²) in [7, 11) is 0. The SMILES string of the molecule is CCn1nncc1C(N)c1cccc(C)c1C. The number of rotatable bonds is 3. The zero-order chi connectivity index (χ0) is 12.4. The van der Waals surface area contributed by atoms with E-state index in [2.05, 4.69) is 36.3 Å². The zero-order valence-corrected chi connectivity index (χ0v) is 10.5. The lowest BCUT2D eigenvalue weighted by Gasteiger charge is -2.16. The molecule has 4 nitrogen and oxygen atoms in total. The van der Waals surface area contributed by atoms with Crippen LogP contribution in [0.25, 0.3) is 0 Å². The first-order valence-electron chi connectivity index (χ1n) is 5.85. The Hall–Kier alpha value is -1.68. The molecule has 0 aliphatic carbocycles. The van der Waals surface area contributed by atoms with Crippen LogP contribution >= 0.6 is 0 Å². The monoisotopic (exact) mass is 230 g/mol. The standard InChI is InChI=1S/C13H18N4/c1-4-17-12(8-15-16-17)13(14)11-7-5-6-9(2)10(11)3/h5-8,13H,4,14H2,1-3H3. The second kappa shape index (κ2) is 4.67. The molecule has 0 fully saturated rings. The minimum Gasteiger partial charge on any atom is -0.319 e. The Balaban J connectivity index is 2.44. The van der Waals surface area contributed by atoms with Crippen molar-refractivity contribution >= 4 is 0 Å². The van der Waals surface area contributed by atoms with Gasteiger partial charge in [-0.25, -0.2) is 4.68 Å². The highest BCUT2D eigenvalue weighted by molar-refractivity contribution is 5.38. The highest BCUT2D eigenvalue weighted by Crippen LogP contribution is 2.23. The first-order chi connectivity index (χ1) is 8.15. The summed E-state index contributed by atoms with van der Waals surface area (Å²) in [6, 6.07) is 6.04. The summed E-state index contributed by atoms with van der Waals surface area (Å²) < 4.78 is 1.84. The van der Waals surface area contributed by atoms with Gasteiger partial charge in [0.2, 0.25) is 0 Å². The van der Waals surface area contributed by atoms with Crippen LogP contribution < -0.4 is 5.73 Å². The molecule has 1 heterocycles. The molecule has 90 valence electrons. The second-order valence-corrected chi connectivity index (χ2v) is 4.24. The van der Waals surface area contributed by atoms with Gasteiger partial charge in [-0.1, -0.05) is 23.4 Å². The molecule has 1 aromatic carbocycles. The average Bonchev–Trinajstić information content (AvgIpc) is 2.80. The molecular weight excluding hydrogens is 212 g/mol. The van der Waals surface area contributed by atoms with Crippen molar-refractivity contribution in [1.82, 2.24) is 15.0 Å². The van der Waals surface area contributed by atoms with E-state index >= 15 is 0 Å². The van der Waals surface area contributed by atoms with E-state index in [0.717, 1.165) is 17.8 Å². The largest absolute Gasteiger partial charge is 0.319 e. The maximum atomic E-state index is 6.31. The predicted octanol–water partition coefficient (Wildman–Crippen LogP) is 1.96. The Bertz CT molecular complexity index is 516. The number of nitrogens with zero attached hydrogens (tertiary/aromatic N) is 3. The first-order valence-corrected chi connectivity index (χ1v) is 5.85. The number of aromatic nitrogens is 3. The van der Waals surface area contributed by atoms with E-state index in [0.29, 0.717) is 0 Å². The fourth-order valence-corrected chi connectivity index (χ4v) is 2.02. The van der Waals surface area contributed by atoms with E-state index in [4.69, 9.17) is 5.73 Å². The van der Waals surface area contributed by atoms with Gasteiger partial charge in [-0.3, -0.25) is 0 Å². The van der Waals surface area contributed by atoms with Crippen molar-refractivity contribution in [2.45, 2.75) is 33.4 Å². The van der Waals surface area contributed by atoms with Gasteiger partial charge in [0.25, 0.3) is 0 Å². The number of nitrogens with two attached hydrogens (primary N) is 1. The Morgan fingerprint density at radius 3 is 2.82 bits per heavy atom. The Morgan fingerprint density at radius 1 is 1.35 bits per heavy atom. The minimum absolute atomic E-state index is 0.162. The molecule has 17 heavy (non-hydrogen) atoms. The molecule has 0 saturated heterocycles. The van der Waals surface area contributed by atoms with Crippen molar-refractivity contribution in [2.24, 2.45) is 5.73 Å². The summed E-state index contributed by atoms with van der Waals surface area (Å²) in [5, 5.41) is 7.94. The molecule has 0 aliphatic heterocycles. The van der Waals surface area contributed by atoms with Crippen LogP contribution in [0, 0.1) is 13.8 Å². The van der Waals surface area contributed by atoms with Crippen molar-refractivity contribution in [3.8, 4) is 0 Å². The van der Waals surface area contributed by atoms with Gasteiger partial charge < -0.3 is 5.73 Å². The van der Waals surface area contributed by atoms with Gasteiger partial charge in [-0.2, -0.15) is 0 Å². The highest BCUT2D eigenvalue weighted by atomic mass is 15.4. The van der Waals surface area contributed by atoms with Crippen LogP contribution in [0.4, 0.5) is 0 Å². The molecule has 4 heteroatoms. The van der Waals surface area contributed by atoms with E-state index in [9.17, 15) is 0 Å². The molecule has 0 aliphatic rings. The van der Waals surface area contributed by atoms with E-state index in [1.54, 1.807) is 6.20 Å². The maximum absolute atomic E-state index is 6.31. The van der Waals surface area contributed by atoms with Crippen LogP contribution in [0.1, 0.15) is 35.3 Å². The summed E-state index contributed by atoms with van der Waals surface area (Å²) in [5.41, 5.74) is 10.9. The van der Waals surface area contributed by atoms with Crippen molar-refractivity contribution in [1.29, 1.82) is 0 Å². The van der Waals surface area contributed by atoms with Gasteiger partial charge >= 0.3 is 0 Å². The van der Waals surface area contributed by atoms with Crippen LogP contribution in [0.15, 0.2) is 24.4 Å². The molecule has 2 N–H and O–H groups in total. The first kappa shape index (κ1) is 11.8. The summed E-state index contributed by atoms with van der Waals surface area (Å²) in [6.45, 7) is 7.02. The summed E-state index contributed by atoms with van der Waals surface area (Å²) in [4.78, 5) is 0. The van der Waals surface area contributed by atoms with Gasteiger partial charge in [0.15, 0.2) is 0 Å². The van der Waals surface area contributed by atoms with E-state index in [1.807, 2.05) is 17.7 Å². The smallest absolute Gasteiger partial charge is 0.0799 e. The molecule has 0 spiro atoms. The van der Waals surface area contributed by atoms with Gasteiger partial charge in [-0.05, 0) is 37.5 Å². The van der Waals surface area contributed by atoms with E-state index in [-0.39, 0.29) is 6.04 Å². The lowest BCUT2D eigenvalue weighted by molar-refractivity contribution is 0.581. The van der Waals surface area contributed by atoms with E-state index in [1.165, 1.54) is 11.1 Å². The molecule has 1 unspecified atom stereocenters. The lowest BCUT2D eigenvalue weighted by atomic mass is 9.96. The summed E-state index contributed by atoms with van der Waals surface area (Å²) in [6.07, 6.45) is 1.75. The Labute approximate surface area is 101 Å². The minimum atomic E-state index is -0.162. The number of benzene rings is 1. The summed E-state index contributed by atoms with van der Waals surface area (Å²) >= 11 is 0. The zero-order valence-electron chi connectivity index (χ0n) is 10.5. The van der Waals surface area contributed by atoms with Crippen LogP contribution in [-0.2, 0) is 6.54 Å². The quantitative estimate of drug-likeness (QED) is 0.877. The van der Waals surface area contributed by atoms with Gasteiger partial charge in [-0.15, -0.1) is 5.10 Å². The third-order valence-corrected chi connectivity index (χ3v) is 3.25. The molecule has 0 amide bonds. The van der Waals surface area contributed by atoms with Gasteiger partial charge in [0.05, 0.1) is 17.9 Å². The molecule has 0 saturated carbocycles. The molecular formula is C13H18N4. The highest BCUT2D eigenvalue weighted by Gasteiger charge is 2.16. The molecule has 2 rings (SSSR count). The van der Waals surface area contributed by atoms with Crippen LogP contribution in [-0.4, -0.2) is 15.0 Å². The van der Waals surface area contributed by atoms with Crippen molar-refractivity contribution in [3.63, 3.8) is 0 Å². The van der Waals surface area contributed by atoms with Gasteiger partial charge in [0, 0.05) is 6.54 Å². The molecule has 1 aromatic heterocycles. The topological polar surface area (TPSA) is 56.7 Å². The van der Waals surface area contributed by atoms with Crippen molar-refractivity contribution < 1.29 is 0 Å². The summed E-state index contributed by atoms with van der Waals surface area (Å²) in [5.74, 6) is 0. The fraction of sp³-hybridized carbons (Fsp3) is 0.385. The lowest BCUT2D eigenvalue weighted by Crippen LogP contribution is -2.18. The Morgan fingerprint density at radius 2 is 2.12 bits per heavy atom. The fourth-order valence-electron chi connectivity index (χ4n) is 2.02. The van der Waals surface area contributed by atoms with Crippen LogP contribution in [0.5, 0.6) is 0 Å². The second-order valence-electron chi connectivity index (χ2n) is 4.24. The average molecular weight is 230 g/mol. The van der Waals surface area contributed by atoms with Crippen molar-refractivity contribution in [3.05, 3.63) is 46.8 Å². The predicted molar refractivity (Wildman–Crippen MR) is 67.6 cm³/mol. The molecule has 0 radical (unpaired) electrons. The number of aryl methyl sites for hydroxylation is 2. The maximum Gasteiger partial charge on any atom is 0.0799 e. The van der Waals surface area contributed by atoms with Crippen LogP contribution in [0.3, 0.4) is 0 Å². The molecule has 0 bridgehead atoms. The van der Waals surface area contributed by atoms with E-state index < -0.39 is 0 Å². The molecule has 2 aromatic rings. The van der Waals surface area contributed by atoms with Crippen LogP contribution in [0.2, 0.25) is 0 Å². The van der Waals surface area contributed by atoms with Gasteiger partial charge in [0.1, 0.15) is 0 Å².